The van der Waals surface area contributed by atoms with Gasteiger partial charge in [-0.05, 0) is 24.3 Å². The van der Waals surface area contributed by atoms with Crippen LogP contribution in [0.3, 0.4) is 0 Å². The number of rotatable bonds is 2. The molecule has 2 heterocycles. The predicted octanol–water partition coefficient (Wildman–Crippen LogP) is 2.23. The van der Waals surface area contributed by atoms with E-state index >= 15 is 0 Å². The largest absolute Gasteiger partial charge is 0.476 e. The SMILES string of the molecule is O=C(O)c1cn2nc(-c3cccc(F)c3)ccc2n1. The van der Waals surface area contributed by atoms with Gasteiger partial charge in [0.1, 0.15) is 5.82 Å². The molecule has 3 aromatic rings. The van der Waals surface area contributed by atoms with Gasteiger partial charge in [0.05, 0.1) is 11.9 Å². The number of aromatic carboxylic acids is 1. The minimum Gasteiger partial charge on any atom is -0.476 e. The Hall–Kier alpha value is -2.76. The minimum absolute atomic E-state index is 0.0797. The highest BCUT2D eigenvalue weighted by Gasteiger charge is 2.10. The normalized spacial score (nSPS) is 10.8. The molecule has 0 atom stereocenters. The van der Waals surface area contributed by atoms with E-state index < -0.39 is 5.97 Å². The monoisotopic (exact) mass is 257 g/mol. The molecule has 0 fully saturated rings. The molecule has 0 aliphatic carbocycles. The van der Waals surface area contributed by atoms with Crippen molar-refractivity contribution in [3.8, 4) is 11.3 Å². The van der Waals surface area contributed by atoms with Crippen LogP contribution in [0.15, 0.2) is 42.6 Å². The molecular weight excluding hydrogens is 249 g/mol. The van der Waals surface area contributed by atoms with Crippen molar-refractivity contribution in [3.05, 3.63) is 54.1 Å². The molecule has 0 saturated heterocycles. The second kappa shape index (κ2) is 4.16. The fraction of sp³-hybridized carbons (Fsp3) is 0. The van der Waals surface area contributed by atoms with E-state index in [1.54, 1.807) is 24.3 Å². The molecule has 1 N–H and O–H groups in total. The van der Waals surface area contributed by atoms with Crippen LogP contribution in [0.4, 0.5) is 4.39 Å². The van der Waals surface area contributed by atoms with Gasteiger partial charge >= 0.3 is 5.97 Å². The first-order valence-electron chi connectivity index (χ1n) is 5.49. The van der Waals surface area contributed by atoms with Gasteiger partial charge in [0.2, 0.25) is 0 Å². The summed E-state index contributed by atoms with van der Waals surface area (Å²) >= 11 is 0. The fourth-order valence-corrected chi connectivity index (χ4v) is 1.79. The van der Waals surface area contributed by atoms with Crippen LogP contribution < -0.4 is 0 Å². The average molecular weight is 257 g/mol. The van der Waals surface area contributed by atoms with Gasteiger partial charge in [0.25, 0.3) is 0 Å². The minimum atomic E-state index is -1.11. The predicted molar refractivity (Wildman–Crippen MR) is 65.3 cm³/mol. The molecule has 3 rings (SSSR count). The van der Waals surface area contributed by atoms with Crippen LogP contribution in [0.1, 0.15) is 10.5 Å². The van der Waals surface area contributed by atoms with E-state index in [1.807, 2.05) is 0 Å². The Morgan fingerprint density at radius 1 is 1.26 bits per heavy atom. The third-order valence-electron chi connectivity index (χ3n) is 2.66. The molecule has 1 aromatic carbocycles. The van der Waals surface area contributed by atoms with Gasteiger partial charge in [-0.15, -0.1) is 0 Å². The van der Waals surface area contributed by atoms with Crippen molar-refractivity contribution in [1.82, 2.24) is 14.6 Å². The summed E-state index contributed by atoms with van der Waals surface area (Å²) in [6.07, 6.45) is 1.32. The third-order valence-corrected chi connectivity index (χ3v) is 2.66. The van der Waals surface area contributed by atoms with Gasteiger partial charge < -0.3 is 5.11 Å². The molecule has 19 heavy (non-hydrogen) atoms. The van der Waals surface area contributed by atoms with E-state index in [0.717, 1.165) is 0 Å². The molecule has 2 aromatic heterocycles. The lowest BCUT2D eigenvalue weighted by Gasteiger charge is -2.01. The number of aromatic nitrogens is 3. The lowest BCUT2D eigenvalue weighted by molar-refractivity contribution is 0.0691. The Morgan fingerprint density at radius 2 is 2.11 bits per heavy atom. The zero-order valence-corrected chi connectivity index (χ0v) is 9.62. The number of carboxylic acids is 1. The number of carbonyl (C=O) groups is 1. The first-order chi connectivity index (χ1) is 9.13. The summed E-state index contributed by atoms with van der Waals surface area (Å²) in [5.74, 6) is -1.46. The van der Waals surface area contributed by atoms with Crippen LogP contribution in [0.25, 0.3) is 16.9 Å². The van der Waals surface area contributed by atoms with Crippen molar-refractivity contribution in [3.63, 3.8) is 0 Å². The van der Waals surface area contributed by atoms with Crippen LogP contribution in [0.2, 0.25) is 0 Å². The second-order valence-electron chi connectivity index (χ2n) is 3.96. The molecule has 0 saturated carbocycles. The third kappa shape index (κ3) is 2.03. The van der Waals surface area contributed by atoms with Gasteiger partial charge in [-0.1, -0.05) is 12.1 Å². The summed E-state index contributed by atoms with van der Waals surface area (Å²) < 4.78 is 14.5. The van der Waals surface area contributed by atoms with E-state index in [4.69, 9.17) is 5.11 Å². The Kier molecular flexibility index (Phi) is 2.49. The van der Waals surface area contributed by atoms with Gasteiger partial charge in [0.15, 0.2) is 11.3 Å². The molecule has 0 spiro atoms. The van der Waals surface area contributed by atoms with E-state index in [-0.39, 0.29) is 11.5 Å². The molecular formula is C13H8FN3O2. The summed E-state index contributed by atoms with van der Waals surface area (Å²) in [6, 6.07) is 9.34. The summed E-state index contributed by atoms with van der Waals surface area (Å²) in [7, 11) is 0. The van der Waals surface area contributed by atoms with E-state index in [2.05, 4.69) is 10.1 Å². The first-order valence-corrected chi connectivity index (χ1v) is 5.49. The molecule has 0 aliphatic heterocycles. The number of hydrogen-bond acceptors (Lipinski definition) is 3. The Morgan fingerprint density at radius 3 is 2.84 bits per heavy atom. The number of carboxylic acid groups (broad SMARTS) is 1. The number of imidazole rings is 1. The zero-order valence-electron chi connectivity index (χ0n) is 9.62. The molecule has 0 aliphatic rings. The van der Waals surface area contributed by atoms with Crippen LogP contribution in [-0.2, 0) is 0 Å². The summed E-state index contributed by atoms with van der Waals surface area (Å²) in [6.45, 7) is 0. The highest BCUT2D eigenvalue weighted by Crippen LogP contribution is 2.18. The highest BCUT2D eigenvalue weighted by molar-refractivity contribution is 5.86. The molecule has 5 nitrogen and oxygen atoms in total. The maximum Gasteiger partial charge on any atom is 0.356 e. The molecule has 94 valence electrons. The molecule has 0 bridgehead atoms. The van der Waals surface area contributed by atoms with E-state index in [0.29, 0.717) is 16.9 Å². The fourth-order valence-electron chi connectivity index (χ4n) is 1.79. The standard InChI is InChI=1S/C13H8FN3O2/c14-9-3-1-2-8(6-9)10-4-5-12-15-11(13(18)19)7-17(12)16-10/h1-7H,(H,18,19). The summed E-state index contributed by atoms with van der Waals surface area (Å²) in [4.78, 5) is 14.7. The Balaban J connectivity index is 2.13. The maximum absolute atomic E-state index is 13.2. The summed E-state index contributed by atoms with van der Waals surface area (Å²) in [5, 5.41) is 13.1. The van der Waals surface area contributed by atoms with Gasteiger partial charge in [-0.3, -0.25) is 0 Å². The lowest BCUT2D eigenvalue weighted by atomic mass is 10.1. The van der Waals surface area contributed by atoms with Crippen LogP contribution in [0, 0.1) is 5.82 Å². The average Bonchev–Trinajstić information content (AvgIpc) is 2.81. The second-order valence-corrected chi connectivity index (χ2v) is 3.96. The molecule has 0 amide bonds. The van der Waals surface area contributed by atoms with Crippen LogP contribution >= 0.6 is 0 Å². The number of halogens is 1. The first kappa shape index (κ1) is 11.3. The Labute approximate surface area is 107 Å². The number of fused-ring (bicyclic) bond motifs is 1. The van der Waals surface area contributed by atoms with Gasteiger partial charge in [-0.25, -0.2) is 18.7 Å². The van der Waals surface area contributed by atoms with Crippen LogP contribution in [-0.4, -0.2) is 25.7 Å². The maximum atomic E-state index is 13.2. The molecule has 0 radical (unpaired) electrons. The number of benzene rings is 1. The van der Waals surface area contributed by atoms with Gasteiger partial charge in [0, 0.05) is 5.56 Å². The van der Waals surface area contributed by atoms with Crippen molar-refractivity contribution in [1.29, 1.82) is 0 Å². The lowest BCUT2D eigenvalue weighted by Crippen LogP contribution is -1.95. The van der Waals surface area contributed by atoms with E-state index in [9.17, 15) is 9.18 Å². The van der Waals surface area contributed by atoms with Crippen molar-refractivity contribution in [2.45, 2.75) is 0 Å². The number of nitrogens with zero attached hydrogens (tertiary/aromatic N) is 3. The van der Waals surface area contributed by atoms with Crippen molar-refractivity contribution in [2.75, 3.05) is 0 Å². The zero-order chi connectivity index (χ0) is 13.4. The molecule has 0 unspecified atom stereocenters. The smallest absolute Gasteiger partial charge is 0.356 e. The highest BCUT2D eigenvalue weighted by atomic mass is 19.1. The van der Waals surface area contributed by atoms with Crippen molar-refractivity contribution < 1.29 is 14.3 Å². The number of hydrogen-bond donors (Lipinski definition) is 1. The molecule has 6 heteroatoms. The van der Waals surface area contributed by atoms with Gasteiger partial charge in [-0.2, -0.15) is 5.10 Å². The van der Waals surface area contributed by atoms with Crippen molar-refractivity contribution in [2.24, 2.45) is 0 Å². The Bertz CT molecular complexity index is 782. The quantitative estimate of drug-likeness (QED) is 0.764. The van der Waals surface area contributed by atoms with Crippen LogP contribution in [0.5, 0.6) is 0 Å². The summed E-state index contributed by atoms with van der Waals surface area (Å²) in [5.41, 5.74) is 1.51. The van der Waals surface area contributed by atoms with E-state index in [1.165, 1.54) is 22.8 Å². The topological polar surface area (TPSA) is 67.5 Å². The van der Waals surface area contributed by atoms with Crippen molar-refractivity contribution >= 4 is 11.6 Å².